The minimum absolute atomic E-state index is 0.247. The standard InChI is InChI=1S/C20H20N4O3/c21-16(10-13-11-23-17-9-5-4-8-15(13)17)20(27)24(18(12-25)19(22)26)14-6-2-1-3-7-14/h1-9,11-12,16,18,23H,10,21H2,(H2,22,26)/t16-,18+/m0/s1. The number of benzene rings is 2. The van der Waals surface area contributed by atoms with Gasteiger partial charge in [-0.25, -0.2) is 0 Å². The van der Waals surface area contributed by atoms with Gasteiger partial charge in [-0.3, -0.25) is 14.5 Å². The number of aromatic amines is 1. The molecule has 1 heterocycles. The Balaban J connectivity index is 1.91. The third-order valence-corrected chi connectivity index (χ3v) is 4.40. The maximum atomic E-state index is 13.0. The zero-order valence-electron chi connectivity index (χ0n) is 14.5. The summed E-state index contributed by atoms with van der Waals surface area (Å²) in [5.41, 5.74) is 13.7. The van der Waals surface area contributed by atoms with Gasteiger partial charge in [0.2, 0.25) is 11.8 Å². The van der Waals surface area contributed by atoms with Crippen molar-refractivity contribution in [2.75, 3.05) is 4.90 Å². The number of rotatable bonds is 7. The summed E-state index contributed by atoms with van der Waals surface area (Å²) in [4.78, 5) is 40.4. The van der Waals surface area contributed by atoms with Crippen molar-refractivity contribution in [1.82, 2.24) is 4.98 Å². The molecule has 0 aliphatic rings. The zero-order valence-corrected chi connectivity index (χ0v) is 14.5. The summed E-state index contributed by atoms with van der Waals surface area (Å²) < 4.78 is 0. The number of aromatic nitrogens is 1. The predicted octanol–water partition coefficient (Wildman–Crippen LogP) is 1.12. The number of nitrogens with two attached hydrogens (primary N) is 2. The van der Waals surface area contributed by atoms with E-state index in [0.29, 0.717) is 12.0 Å². The van der Waals surface area contributed by atoms with Gasteiger partial charge >= 0.3 is 0 Å². The van der Waals surface area contributed by atoms with Crippen LogP contribution in [0.3, 0.4) is 0 Å². The van der Waals surface area contributed by atoms with Gasteiger partial charge < -0.3 is 21.2 Å². The summed E-state index contributed by atoms with van der Waals surface area (Å²) in [6.07, 6.45) is 2.40. The molecule has 0 radical (unpaired) electrons. The normalized spacial score (nSPS) is 13.1. The predicted molar refractivity (Wildman–Crippen MR) is 103 cm³/mol. The van der Waals surface area contributed by atoms with E-state index >= 15 is 0 Å². The molecule has 27 heavy (non-hydrogen) atoms. The van der Waals surface area contributed by atoms with Crippen LogP contribution >= 0.6 is 0 Å². The van der Waals surface area contributed by atoms with E-state index in [9.17, 15) is 14.4 Å². The van der Waals surface area contributed by atoms with Crippen LogP contribution in [0.1, 0.15) is 5.56 Å². The summed E-state index contributed by atoms with van der Waals surface area (Å²) in [5, 5.41) is 0.967. The minimum atomic E-state index is -1.42. The highest BCUT2D eigenvalue weighted by Crippen LogP contribution is 2.21. The Morgan fingerprint density at radius 1 is 1.07 bits per heavy atom. The first kappa shape index (κ1) is 18.3. The first-order chi connectivity index (χ1) is 13.0. The van der Waals surface area contributed by atoms with Gasteiger partial charge in [-0.15, -0.1) is 0 Å². The minimum Gasteiger partial charge on any atom is -0.367 e. The number of hydrogen-bond acceptors (Lipinski definition) is 4. The highest BCUT2D eigenvalue weighted by Gasteiger charge is 2.32. The van der Waals surface area contributed by atoms with Crippen molar-refractivity contribution in [2.24, 2.45) is 11.5 Å². The van der Waals surface area contributed by atoms with Crippen LogP contribution in [0, 0.1) is 0 Å². The Bertz CT molecular complexity index is 968. The van der Waals surface area contributed by atoms with Gasteiger partial charge in [0.05, 0.1) is 6.04 Å². The Hall–Kier alpha value is -3.45. The molecule has 0 unspecified atom stereocenters. The van der Waals surface area contributed by atoms with Gasteiger partial charge in [0.1, 0.15) is 0 Å². The number of hydrogen-bond donors (Lipinski definition) is 3. The molecule has 138 valence electrons. The fourth-order valence-corrected chi connectivity index (χ4v) is 3.07. The Morgan fingerprint density at radius 2 is 1.74 bits per heavy atom. The first-order valence-electron chi connectivity index (χ1n) is 8.46. The summed E-state index contributed by atoms with van der Waals surface area (Å²) in [6, 6.07) is 13.7. The molecule has 1 aromatic heterocycles. The lowest BCUT2D eigenvalue weighted by Gasteiger charge is -2.28. The van der Waals surface area contributed by atoms with Crippen LogP contribution in [0.4, 0.5) is 5.69 Å². The van der Waals surface area contributed by atoms with Crippen LogP contribution in [0.2, 0.25) is 0 Å². The topological polar surface area (TPSA) is 122 Å². The monoisotopic (exact) mass is 364 g/mol. The molecule has 0 aliphatic heterocycles. The third-order valence-electron chi connectivity index (χ3n) is 4.40. The van der Waals surface area contributed by atoms with Crippen molar-refractivity contribution in [3.8, 4) is 0 Å². The average molecular weight is 364 g/mol. The molecular formula is C20H20N4O3. The first-order valence-corrected chi connectivity index (χ1v) is 8.46. The Morgan fingerprint density at radius 3 is 2.41 bits per heavy atom. The van der Waals surface area contributed by atoms with E-state index in [1.807, 2.05) is 24.3 Å². The number of primary amides is 1. The highest BCUT2D eigenvalue weighted by molar-refractivity contribution is 6.09. The molecule has 0 fully saturated rings. The second-order valence-corrected chi connectivity index (χ2v) is 6.20. The highest BCUT2D eigenvalue weighted by atomic mass is 16.2. The molecule has 0 aliphatic carbocycles. The summed E-state index contributed by atoms with van der Waals surface area (Å²) in [7, 11) is 0. The van der Waals surface area contributed by atoms with E-state index in [4.69, 9.17) is 11.5 Å². The van der Waals surface area contributed by atoms with E-state index in [1.54, 1.807) is 36.5 Å². The fraction of sp³-hybridized carbons (Fsp3) is 0.150. The van der Waals surface area contributed by atoms with E-state index < -0.39 is 23.9 Å². The number of H-pyrrole nitrogens is 1. The van der Waals surface area contributed by atoms with E-state index in [2.05, 4.69) is 4.98 Å². The van der Waals surface area contributed by atoms with Gasteiger partial charge in [0.25, 0.3) is 0 Å². The summed E-state index contributed by atoms with van der Waals surface area (Å²) in [6.45, 7) is 0. The molecule has 3 rings (SSSR count). The van der Waals surface area contributed by atoms with Crippen LogP contribution in [0.15, 0.2) is 60.8 Å². The Labute approximate surface area is 155 Å². The summed E-state index contributed by atoms with van der Waals surface area (Å²) in [5.74, 6) is -1.47. The van der Waals surface area contributed by atoms with Crippen LogP contribution in [0.25, 0.3) is 10.9 Å². The fourth-order valence-electron chi connectivity index (χ4n) is 3.07. The van der Waals surface area contributed by atoms with E-state index in [1.165, 1.54) is 0 Å². The summed E-state index contributed by atoms with van der Waals surface area (Å²) >= 11 is 0. The van der Waals surface area contributed by atoms with Crippen molar-refractivity contribution in [2.45, 2.75) is 18.5 Å². The molecule has 0 spiro atoms. The van der Waals surface area contributed by atoms with Gasteiger partial charge in [-0.1, -0.05) is 36.4 Å². The number of anilines is 1. The van der Waals surface area contributed by atoms with Gasteiger partial charge in [0.15, 0.2) is 12.3 Å². The Kier molecular flexibility index (Phi) is 5.33. The molecular weight excluding hydrogens is 344 g/mol. The molecule has 0 bridgehead atoms. The number of fused-ring (bicyclic) bond motifs is 1. The van der Waals surface area contributed by atoms with E-state index in [-0.39, 0.29) is 6.42 Å². The van der Waals surface area contributed by atoms with Crippen molar-refractivity contribution in [3.63, 3.8) is 0 Å². The zero-order chi connectivity index (χ0) is 19.4. The lowest BCUT2D eigenvalue weighted by Crippen LogP contribution is -2.55. The van der Waals surface area contributed by atoms with Crippen LogP contribution in [0.5, 0.6) is 0 Å². The number of carbonyl (C=O) groups excluding carboxylic acids is 3. The molecule has 2 amide bonds. The van der Waals surface area contributed by atoms with Crippen molar-refractivity contribution in [1.29, 1.82) is 0 Å². The molecule has 7 heteroatoms. The molecule has 7 nitrogen and oxygen atoms in total. The third kappa shape index (κ3) is 3.73. The van der Waals surface area contributed by atoms with Crippen LogP contribution in [-0.2, 0) is 20.8 Å². The lowest BCUT2D eigenvalue weighted by atomic mass is 10.0. The average Bonchev–Trinajstić information content (AvgIpc) is 3.08. The molecule has 3 aromatic rings. The van der Waals surface area contributed by atoms with Crippen LogP contribution < -0.4 is 16.4 Å². The van der Waals surface area contributed by atoms with Crippen molar-refractivity contribution in [3.05, 3.63) is 66.4 Å². The molecule has 0 saturated heterocycles. The molecule has 2 aromatic carbocycles. The SMILES string of the molecule is NC(=O)[C@@H](C=O)N(C(=O)[C@@H](N)Cc1c[nH]c2ccccc12)c1ccccc1. The van der Waals surface area contributed by atoms with E-state index in [0.717, 1.165) is 21.4 Å². The lowest BCUT2D eigenvalue weighted by molar-refractivity contribution is -0.128. The van der Waals surface area contributed by atoms with Crippen LogP contribution in [-0.4, -0.2) is 35.2 Å². The smallest absolute Gasteiger partial charge is 0.248 e. The quantitative estimate of drug-likeness (QED) is 0.429. The number of carbonyl (C=O) groups is 3. The largest absolute Gasteiger partial charge is 0.367 e. The second-order valence-electron chi connectivity index (χ2n) is 6.20. The number of nitrogens with one attached hydrogen (secondary N) is 1. The van der Waals surface area contributed by atoms with Gasteiger partial charge in [-0.2, -0.15) is 0 Å². The number of nitrogens with zero attached hydrogens (tertiary/aromatic N) is 1. The van der Waals surface area contributed by atoms with Crippen molar-refractivity contribution >= 4 is 34.7 Å². The van der Waals surface area contributed by atoms with Crippen molar-refractivity contribution < 1.29 is 14.4 Å². The molecule has 5 N–H and O–H groups in total. The second kappa shape index (κ2) is 7.84. The number of amides is 2. The molecule has 0 saturated carbocycles. The van der Waals surface area contributed by atoms with Gasteiger partial charge in [-0.05, 0) is 30.2 Å². The van der Waals surface area contributed by atoms with Gasteiger partial charge in [0, 0.05) is 22.8 Å². The number of aldehydes is 1. The maximum Gasteiger partial charge on any atom is 0.248 e. The maximum absolute atomic E-state index is 13.0. The molecule has 2 atom stereocenters. The number of para-hydroxylation sites is 2.